The topological polar surface area (TPSA) is 71.1 Å². The molecule has 4 bridgehead atoms. The van der Waals surface area contributed by atoms with E-state index in [9.17, 15) is 9.59 Å². The molecule has 4 unspecified atom stereocenters. The molecule has 2 saturated carbocycles. The molecule has 0 spiro atoms. The summed E-state index contributed by atoms with van der Waals surface area (Å²) in [5, 5.41) is 0. The Kier molecular flexibility index (Phi) is 5.13. The standard InChI is InChI=1S/C21H34O6/c1-7-19(5,6)17(23)26-21-9-14-8-20(12-21,13-24-27-18(2,3)4)10-15(11-21)25-16(14)22/h14-15H,7-13H2,1-6H3. The molecule has 0 aromatic rings. The maximum absolute atomic E-state index is 12.8. The highest BCUT2D eigenvalue weighted by Gasteiger charge is 2.61. The van der Waals surface area contributed by atoms with Gasteiger partial charge in [-0.2, -0.15) is 0 Å². The Balaban J connectivity index is 1.82. The highest BCUT2D eigenvalue weighted by Crippen LogP contribution is 2.58. The molecule has 4 rings (SSSR count). The fourth-order valence-electron chi connectivity index (χ4n) is 4.76. The Morgan fingerprint density at radius 1 is 1.15 bits per heavy atom. The van der Waals surface area contributed by atoms with Crippen LogP contribution in [0.15, 0.2) is 0 Å². The number of fused-ring (bicyclic) bond motifs is 1. The van der Waals surface area contributed by atoms with E-state index >= 15 is 0 Å². The van der Waals surface area contributed by atoms with Gasteiger partial charge >= 0.3 is 11.9 Å². The van der Waals surface area contributed by atoms with Crippen molar-refractivity contribution in [1.82, 2.24) is 0 Å². The first-order valence-electron chi connectivity index (χ1n) is 10.1. The van der Waals surface area contributed by atoms with Gasteiger partial charge in [0.25, 0.3) is 0 Å². The normalized spacial score (nSPS) is 35.7. The molecule has 2 aliphatic carbocycles. The Labute approximate surface area is 162 Å². The van der Waals surface area contributed by atoms with Crippen molar-refractivity contribution in [3.05, 3.63) is 0 Å². The van der Waals surface area contributed by atoms with Gasteiger partial charge in [-0.3, -0.25) is 9.59 Å². The van der Waals surface area contributed by atoms with Crippen LogP contribution in [-0.4, -0.2) is 35.9 Å². The van der Waals surface area contributed by atoms with Crippen LogP contribution in [-0.2, 0) is 28.8 Å². The first-order chi connectivity index (χ1) is 12.4. The lowest BCUT2D eigenvalue weighted by Crippen LogP contribution is -2.55. The third-order valence-corrected chi connectivity index (χ3v) is 6.29. The van der Waals surface area contributed by atoms with Crippen LogP contribution < -0.4 is 0 Å². The Morgan fingerprint density at radius 2 is 1.85 bits per heavy atom. The van der Waals surface area contributed by atoms with Gasteiger partial charge in [-0.05, 0) is 60.3 Å². The van der Waals surface area contributed by atoms with Gasteiger partial charge in [0.2, 0.25) is 0 Å². The summed E-state index contributed by atoms with van der Waals surface area (Å²) in [6.07, 6.45) is 3.75. The van der Waals surface area contributed by atoms with E-state index in [0.717, 1.165) is 6.42 Å². The second kappa shape index (κ2) is 6.73. The summed E-state index contributed by atoms with van der Waals surface area (Å²) >= 11 is 0. The third kappa shape index (κ3) is 4.32. The molecule has 4 atom stereocenters. The van der Waals surface area contributed by atoms with E-state index in [-0.39, 0.29) is 29.4 Å². The van der Waals surface area contributed by atoms with E-state index in [1.54, 1.807) is 0 Å². The summed E-state index contributed by atoms with van der Waals surface area (Å²) in [6, 6.07) is 0. The molecule has 154 valence electrons. The van der Waals surface area contributed by atoms with Crippen molar-refractivity contribution in [3.8, 4) is 0 Å². The maximum Gasteiger partial charge on any atom is 0.312 e. The first kappa shape index (κ1) is 20.6. The minimum atomic E-state index is -0.646. The molecule has 4 fully saturated rings. The third-order valence-electron chi connectivity index (χ3n) is 6.29. The fraction of sp³-hybridized carbons (Fsp3) is 0.905. The van der Waals surface area contributed by atoms with E-state index in [2.05, 4.69) is 0 Å². The van der Waals surface area contributed by atoms with Gasteiger partial charge in [0.15, 0.2) is 0 Å². The average molecular weight is 382 g/mol. The lowest BCUT2D eigenvalue weighted by molar-refractivity contribution is -0.366. The van der Waals surface area contributed by atoms with Crippen molar-refractivity contribution in [2.75, 3.05) is 6.61 Å². The van der Waals surface area contributed by atoms with Crippen LogP contribution in [0.4, 0.5) is 0 Å². The van der Waals surface area contributed by atoms with Crippen LogP contribution in [0, 0.1) is 16.7 Å². The molecule has 2 aliphatic heterocycles. The second-order valence-corrected chi connectivity index (χ2v) is 10.5. The molecule has 2 saturated heterocycles. The molecule has 0 aromatic carbocycles. The van der Waals surface area contributed by atoms with E-state index in [0.29, 0.717) is 38.7 Å². The molecule has 0 radical (unpaired) electrons. The molecular formula is C21H34O6. The summed E-state index contributed by atoms with van der Waals surface area (Å²) in [5.74, 6) is -0.602. The number of esters is 2. The molecular weight excluding hydrogens is 348 g/mol. The van der Waals surface area contributed by atoms with Crippen molar-refractivity contribution >= 4 is 11.9 Å². The van der Waals surface area contributed by atoms with Crippen LogP contribution in [0.25, 0.3) is 0 Å². The van der Waals surface area contributed by atoms with Gasteiger partial charge in [-0.25, -0.2) is 9.78 Å². The number of hydrogen-bond acceptors (Lipinski definition) is 6. The summed E-state index contributed by atoms with van der Waals surface area (Å²) in [4.78, 5) is 36.4. The maximum atomic E-state index is 12.8. The molecule has 6 nitrogen and oxygen atoms in total. The number of hydrogen-bond donors (Lipinski definition) is 0. The summed E-state index contributed by atoms with van der Waals surface area (Å²) in [7, 11) is 0. The van der Waals surface area contributed by atoms with Gasteiger partial charge in [0, 0.05) is 18.3 Å². The highest BCUT2D eigenvalue weighted by molar-refractivity contribution is 5.77. The lowest BCUT2D eigenvalue weighted by Gasteiger charge is -2.52. The van der Waals surface area contributed by atoms with Crippen molar-refractivity contribution in [2.45, 2.75) is 97.4 Å². The van der Waals surface area contributed by atoms with Crippen molar-refractivity contribution < 1.29 is 28.8 Å². The number of carbonyl (C=O) groups excluding carboxylic acids is 2. The number of ether oxygens (including phenoxy) is 2. The van der Waals surface area contributed by atoms with Crippen LogP contribution in [0.2, 0.25) is 0 Å². The minimum absolute atomic E-state index is 0.161. The lowest BCUT2D eigenvalue weighted by atomic mass is 9.57. The smallest absolute Gasteiger partial charge is 0.312 e. The summed E-state index contributed by atoms with van der Waals surface area (Å²) in [5.41, 5.74) is -1.85. The second-order valence-electron chi connectivity index (χ2n) is 10.5. The SMILES string of the molecule is CCC(C)(C)C(=O)OC12CC3CC(COOC(C)(C)C)(CC(C1)C(=O)O3)C2. The van der Waals surface area contributed by atoms with E-state index in [4.69, 9.17) is 19.2 Å². The Bertz CT molecular complexity index is 606. The van der Waals surface area contributed by atoms with Gasteiger partial charge in [0.1, 0.15) is 11.7 Å². The molecule has 0 N–H and O–H groups in total. The highest BCUT2D eigenvalue weighted by atomic mass is 17.2. The first-order valence-corrected chi connectivity index (χ1v) is 10.1. The van der Waals surface area contributed by atoms with E-state index in [1.165, 1.54) is 0 Å². The van der Waals surface area contributed by atoms with Crippen LogP contribution in [0.1, 0.15) is 80.1 Å². The zero-order chi connectivity index (χ0) is 20.1. The summed E-state index contributed by atoms with van der Waals surface area (Å²) in [6.45, 7) is 12.0. The zero-order valence-corrected chi connectivity index (χ0v) is 17.6. The van der Waals surface area contributed by atoms with Crippen molar-refractivity contribution in [3.63, 3.8) is 0 Å². The van der Waals surface area contributed by atoms with E-state index < -0.39 is 16.6 Å². The number of rotatable bonds is 6. The Hall–Kier alpha value is -1.14. The van der Waals surface area contributed by atoms with Crippen LogP contribution in [0.3, 0.4) is 0 Å². The van der Waals surface area contributed by atoms with Gasteiger partial charge in [-0.15, -0.1) is 0 Å². The predicted molar refractivity (Wildman–Crippen MR) is 98.6 cm³/mol. The van der Waals surface area contributed by atoms with Gasteiger partial charge < -0.3 is 9.47 Å². The monoisotopic (exact) mass is 382 g/mol. The largest absolute Gasteiger partial charge is 0.462 e. The van der Waals surface area contributed by atoms with Crippen LogP contribution >= 0.6 is 0 Å². The predicted octanol–water partition coefficient (Wildman–Crippen LogP) is 3.96. The molecule has 4 aliphatic rings. The molecule has 6 heteroatoms. The molecule has 0 aromatic heterocycles. The zero-order valence-electron chi connectivity index (χ0n) is 17.6. The minimum Gasteiger partial charge on any atom is -0.462 e. The fourth-order valence-corrected chi connectivity index (χ4v) is 4.76. The molecule has 0 amide bonds. The van der Waals surface area contributed by atoms with Gasteiger partial charge in [-0.1, -0.05) is 6.92 Å². The molecule has 2 heterocycles. The Morgan fingerprint density at radius 3 is 2.48 bits per heavy atom. The molecule has 27 heavy (non-hydrogen) atoms. The number of carbonyl (C=O) groups is 2. The van der Waals surface area contributed by atoms with E-state index in [1.807, 2.05) is 41.5 Å². The summed E-state index contributed by atoms with van der Waals surface area (Å²) < 4.78 is 11.8. The van der Waals surface area contributed by atoms with Crippen LogP contribution in [0.5, 0.6) is 0 Å². The average Bonchev–Trinajstić information content (AvgIpc) is 2.66. The van der Waals surface area contributed by atoms with Gasteiger partial charge in [0.05, 0.1) is 23.5 Å². The van der Waals surface area contributed by atoms with Crippen molar-refractivity contribution in [2.24, 2.45) is 16.7 Å². The quantitative estimate of drug-likeness (QED) is 0.393. The van der Waals surface area contributed by atoms with Crippen molar-refractivity contribution in [1.29, 1.82) is 0 Å².